The molecule has 0 spiro atoms. The van der Waals surface area contributed by atoms with Crippen molar-refractivity contribution in [1.82, 2.24) is 0 Å². The van der Waals surface area contributed by atoms with Crippen LogP contribution in [0.1, 0.15) is 22.0 Å². The van der Waals surface area contributed by atoms with Crippen LogP contribution in [0.25, 0.3) is 0 Å². The van der Waals surface area contributed by atoms with Crippen LogP contribution in [0.3, 0.4) is 0 Å². The van der Waals surface area contributed by atoms with Crippen LogP contribution in [0, 0.1) is 0 Å². The molecule has 0 aliphatic heterocycles. The molecule has 0 radical (unpaired) electrons. The van der Waals surface area contributed by atoms with E-state index in [2.05, 4.69) is 0 Å². The minimum absolute atomic E-state index is 0.323. The van der Waals surface area contributed by atoms with Gasteiger partial charge in [0.1, 0.15) is 0 Å². The summed E-state index contributed by atoms with van der Waals surface area (Å²) in [6, 6.07) is 17.2. The highest BCUT2D eigenvalue weighted by molar-refractivity contribution is 5.98. The van der Waals surface area contributed by atoms with Crippen molar-refractivity contribution >= 4 is 11.9 Å². The summed E-state index contributed by atoms with van der Waals surface area (Å²) in [5.74, 6) is -1.42. The van der Waals surface area contributed by atoms with Crippen LogP contribution in [-0.2, 0) is 14.3 Å². The number of hydrogen-bond donors (Lipinski definition) is 0. The Hall–Kier alpha value is -2.46. The van der Waals surface area contributed by atoms with E-state index < -0.39 is 18.0 Å². The number of hydrogen-bond acceptors (Lipinski definition) is 4. The van der Waals surface area contributed by atoms with E-state index in [1.165, 1.54) is 7.11 Å². The Balaban J connectivity index is 2.09. The molecule has 0 saturated heterocycles. The maximum Gasteiger partial charge on any atom is 0.347 e. The number of carbonyl (C=O) groups excluding carboxylic acids is 2. The van der Waals surface area contributed by atoms with Crippen molar-refractivity contribution in [2.45, 2.75) is 6.10 Å². The summed E-state index contributed by atoms with van der Waals surface area (Å²) in [5.41, 5.74) is 0.963. The summed E-state index contributed by atoms with van der Waals surface area (Å²) >= 11 is 0. The van der Waals surface area contributed by atoms with Gasteiger partial charge in [-0.25, -0.2) is 9.59 Å². The molecule has 0 unspecified atom stereocenters. The second-order valence-electron chi connectivity index (χ2n) is 4.10. The first kappa shape index (κ1) is 14.0. The smallest absolute Gasteiger partial charge is 0.347 e. The van der Waals surface area contributed by atoms with E-state index in [4.69, 9.17) is 9.47 Å². The van der Waals surface area contributed by atoms with Gasteiger partial charge in [0.15, 0.2) is 6.10 Å². The Morgan fingerprint density at radius 3 is 2.00 bits per heavy atom. The van der Waals surface area contributed by atoms with Crippen LogP contribution < -0.4 is 0 Å². The van der Waals surface area contributed by atoms with Crippen molar-refractivity contribution in [2.75, 3.05) is 7.11 Å². The molecule has 0 fully saturated rings. The Kier molecular flexibility index (Phi) is 4.63. The molecule has 4 nitrogen and oxygen atoms in total. The van der Waals surface area contributed by atoms with E-state index in [9.17, 15) is 9.59 Å². The summed E-state index contributed by atoms with van der Waals surface area (Å²) in [7, 11) is 1.39. The Morgan fingerprint density at radius 1 is 0.900 bits per heavy atom. The van der Waals surface area contributed by atoms with Crippen molar-refractivity contribution < 1.29 is 19.1 Å². The van der Waals surface area contributed by atoms with Gasteiger partial charge in [0.2, 0.25) is 0 Å². The fourth-order valence-electron chi connectivity index (χ4n) is 1.77. The lowest BCUT2D eigenvalue weighted by atomic mass is 10.1. The minimum Gasteiger partial charge on any atom is -0.387 e. The minimum atomic E-state index is -0.913. The largest absolute Gasteiger partial charge is 0.387 e. The number of carbonyl (C=O) groups is 2. The van der Waals surface area contributed by atoms with Crippen molar-refractivity contribution in [3.05, 3.63) is 71.8 Å². The zero-order chi connectivity index (χ0) is 14.4. The van der Waals surface area contributed by atoms with Crippen molar-refractivity contribution in [1.29, 1.82) is 0 Å². The standard InChI is InChI=1S/C16H14O4/c1-19-14(12-8-4-2-5-9-12)16(18)20-15(17)13-10-6-3-7-11-13/h2-11,14H,1H3/t14-/m0/s1. The summed E-state index contributed by atoms with van der Waals surface area (Å²) in [6.45, 7) is 0. The van der Waals surface area contributed by atoms with Gasteiger partial charge in [-0.1, -0.05) is 48.5 Å². The van der Waals surface area contributed by atoms with Crippen LogP contribution in [0.15, 0.2) is 60.7 Å². The first-order valence-corrected chi connectivity index (χ1v) is 6.11. The molecule has 20 heavy (non-hydrogen) atoms. The number of benzene rings is 2. The fourth-order valence-corrected chi connectivity index (χ4v) is 1.77. The Labute approximate surface area is 116 Å². The lowest BCUT2D eigenvalue weighted by Gasteiger charge is -2.13. The molecule has 0 aromatic heterocycles. The van der Waals surface area contributed by atoms with E-state index in [0.717, 1.165) is 0 Å². The van der Waals surface area contributed by atoms with Crippen molar-refractivity contribution in [3.8, 4) is 0 Å². The van der Waals surface area contributed by atoms with Gasteiger partial charge < -0.3 is 9.47 Å². The third-order valence-electron chi connectivity index (χ3n) is 2.75. The van der Waals surface area contributed by atoms with E-state index in [-0.39, 0.29) is 0 Å². The average molecular weight is 270 g/mol. The molecule has 0 aliphatic carbocycles. The first-order valence-electron chi connectivity index (χ1n) is 6.11. The number of esters is 2. The maximum atomic E-state index is 12.0. The third kappa shape index (κ3) is 3.30. The molecule has 2 rings (SSSR count). The molecular weight excluding hydrogens is 256 g/mol. The normalized spacial score (nSPS) is 11.7. The SMILES string of the molecule is CO[C@H](C(=O)OC(=O)c1ccccc1)c1ccccc1. The molecule has 0 bridgehead atoms. The van der Waals surface area contributed by atoms with Crippen molar-refractivity contribution in [2.24, 2.45) is 0 Å². The van der Waals surface area contributed by atoms with Gasteiger partial charge in [0.25, 0.3) is 0 Å². The maximum absolute atomic E-state index is 12.0. The second-order valence-corrected chi connectivity index (χ2v) is 4.10. The summed E-state index contributed by atoms with van der Waals surface area (Å²) in [5, 5.41) is 0. The molecular formula is C16H14O4. The molecule has 4 heteroatoms. The predicted octanol–water partition coefficient (Wildman–Crippen LogP) is 2.76. The van der Waals surface area contributed by atoms with Gasteiger partial charge in [-0.2, -0.15) is 0 Å². The quantitative estimate of drug-likeness (QED) is 0.633. The van der Waals surface area contributed by atoms with Crippen LogP contribution in [0.2, 0.25) is 0 Å². The Bertz CT molecular complexity index is 578. The lowest BCUT2D eigenvalue weighted by molar-refractivity contribution is -0.149. The van der Waals surface area contributed by atoms with Crippen LogP contribution in [-0.4, -0.2) is 19.0 Å². The molecule has 1 atom stereocenters. The lowest BCUT2D eigenvalue weighted by Crippen LogP contribution is -2.21. The predicted molar refractivity (Wildman–Crippen MR) is 73.1 cm³/mol. The van der Waals surface area contributed by atoms with Crippen molar-refractivity contribution in [3.63, 3.8) is 0 Å². The van der Waals surface area contributed by atoms with E-state index in [1.54, 1.807) is 54.6 Å². The van der Waals surface area contributed by atoms with Gasteiger partial charge in [-0.05, 0) is 17.7 Å². The summed E-state index contributed by atoms with van der Waals surface area (Å²) < 4.78 is 9.95. The molecule has 0 amide bonds. The zero-order valence-electron chi connectivity index (χ0n) is 11.0. The average Bonchev–Trinajstić information content (AvgIpc) is 2.50. The van der Waals surface area contributed by atoms with Gasteiger partial charge in [-0.3, -0.25) is 0 Å². The van der Waals surface area contributed by atoms with Crippen LogP contribution in [0.5, 0.6) is 0 Å². The molecule has 102 valence electrons. The van der Waals surface area contributed by atoms with Crippen LogP contribution >= 0.6 is 0 Å². The van der Waals surface area contributed by atoms with Gasteiger partial charge in [-0.15, -0.1) is 0 Å². The molecule has 2 aromatic rings. The molecule has 0 saturated carbocycles. The highest BCUT2D eigenvalue weighted by atomic mass is 16.6. The fraction of sp³-hybridized carbons (Fsp3) is 0.125. The molecule has 0 aliphatic rings. The van der Waals surface area contributed by atoms with Crippen LogP contribution in [0.4, 0.5) is 0 Å². The highest BCUT2D eigenvalue weighted by Crippen LogP contribution is 2.18. The van der Waals surface area contributed by atoms with E-state index in [0.29, 0.717) is 11.1 Å². The topological polar surface area (TPSA) is 52.6 Å². The number of rotatable bonds is 4. The Morgan fingerprint density at radius 2 is 1.45 bits per heavy atom. The molecule has 0 heterocycles. The third-order valence-corrected chi connectivity index (χ3v) is 2.75. The number of methoxy groups -OCH3 is 1. The zero-order valence-corrected chi connectivity index (χ0v) is 11.0. The van der Waals surface area contributed by atoms with Gasteiger partial charge >= 0.3 is 11.9 Å². The van der Waals surface area contributed by atoms with Gasteiger partial charge in [0.05, 0.1) is 5.56 Å². The summed E-state index contributed by atoms with van der Waals surface area (Å²) in [6.07, 6.45) is -0.913. The molecule has 2 aromatic carbocycles. The monoisotopic (exact) mass is 270 g/mol. The second kappa shape index (κ2) is 6.63. The highest BCUT2D eigenvalue weighted by Gasteiger charge is 2.24. The summed E-state index contributed by atoms with van der Waals surface area (Å²) in [4.78, 5) is 23.8. The van der Waals surface area contributed by atoms with E-state index >= 15 is 0 Å². The van der Waals surface area contributed by atoms with E-state index in [1.807, 2.05) is 6.07 Å². The first-order chi connectivity index (χ1) is 9.72. The molecule has 0 N–H and O–H groups in total. The van der Waals surface area contributed by atoms with Gasteiger partial charge in [0, 0.05) is 7.11 Å². The number of ether oxygens (including phenoxy) is 2.